The Balaban J connectivity index is 1.87. The monoisotopic (exact) mass is 328 g/mol. The van der Waals surface area contributed by atoms with Crippen LogP contribution in [0.2, 0.25) is 0 Å². The SMILES string of the molecule is COCOC(C)(C)C[C@@H](F)C[C@@H](C)[C@H]1CC[C@@H]2CCCC[C@]21C. The first-order valence-electron chi connectivity index (χ1n) is 9.55. The summed E-state index contributed by atoms with van der Waals surface area (Å²) in [5, 5.41) is 0. The fourth-order valence-electron chi connectivity index (χ4n) is 5.50. The molecule has 0 N–H and O–H groups in total. The van der Waals surface area contributed by atoms with Crippen molar-refractivity contribution in [2.24, 2.45) is 23.2 Å². The first kappa shape index (κ1) is 19.2. The highest BCUT2D eigenvalue weighted by Gasteiger charge is 2.49. The van der Waals surface area contributed by atoms with Gasteiger partial charge in [0.1, 0.15) is 13.0 Å². The van der Waals surface area contributed by atoms with Gasteiger partial charge in [-0.15, -0.1) is 0 Å². The Morgan fingerprint density at radius 1 is 1.22 bits per heavy atom. The summed E-state index contributed by atoms with van der Waals surface area (Å²) >= 11 is 0. The number of ether oxygens (including phenoxy) is 2. The predicted molar refractivity (Wildman–Crippen MR) is 93.1 cm³/mol. The molecule has 0 aromatic carbocycles. The van der Waals surface area contributed by atoms with Gasteiger partial charge in [-0.1, -0.05) is 26.7 Å². The van der Waals surface area contributed by atoms with Crippen molar-refractivity contribution in [3.8, 4) is 0 Å². The number of fused-ring (bicyclic) bond motifs is 1. The standard InChI is InChI=1S/C20H37FO2/c1-15(12-17(21)13-19(2,3)23-14-22-5)18-10-9-16-8-6-7-11-20(16,18)4/h15-18H,6-14H2,1-5H3/t15-,16+,17+,18-,20-/m1/s1. The molecule has 0 radical (unpaired) electrons. The highest BCUT2D eigenvalue weighted by molar-refractivity contribution is 4.99. The van der Waals surface area contributed by atoms with Gasteiger partial charge in [0.15, 0.2) is 0 Å². The summed E-state index contributed by atoms with van der Waals surface area (Å²) in [6.07, 6.45) is 8.53. The maximum atomic E-state index is 14.7. The topological polar surface area (TPSA) is 18.5 Å². The molecule has 0 amide bonds. The average Bonchev–Trinajstić information content (AvgIpc) is 2.81. The zero-order valence-electron chi connectivity index (χ0n) is 15.9. The van der Waals surface area contributed by atoms with E-state index in [0.29, 0.717) is 30.1 Å². The number of halogens is 1. The Morgan fingerprint density at radius 2 is 1.96 bits per heavy atom. The molecule has 2 aliphatic rings. The zero-order chi connectivity index (χ0) is 17.1. The van der Waals surface area contributed by atoms with Crippen LogP contribution in [0.3, 0.4) is 0 Å². The number of alkyl halides is 1. The second-order valence-corrected chi connectivity index (χ2v) is 8.96. The molecule has 0 bridgehead atoms. The fourth-order valence-corrected chi connectivity index (χ4v) is 5.50. The normalized spacial score (nSPS) is 34.2. The van der Waals surface area contributed by atoms with E-state index in [-0.39, 0.29) is 6.79 Å². The molecule has 5 atom stereocenters. The number of rotatable bonds is 8. The van der Waals surface area contributed by atoms with Gasteiger partial charge in [-0.05, 0) is 69.1 Å². The molecule has 2 rings (SSSR count). The third-order valence-corrected chi connectivity index (χ3v) is 6.72. The van der Waals surface area contributed by atoms with Crippen molar-refractivity contribution >= 4 is 0 Å². The van der Waals surface area contributed by atoms with Gasteiger partial charge in [-0.25, -0.2) is 4.39 Å². The van der Waals surface area contributed by atoms with E-state index < -0.39 is 11.8 Å². The van der Waals surface area contributed by atoms with Gasteiger partial charge in [0.05, 0.1) is 5.60 Å². The van der Waals surface area contributed by atoms with Gasteiger partial charge in [-0.3, -0.25) is 0 Å². The molecular weight excluding hydrogens is 291 g/mol. The van der Waals surface area contributed by atoms with Crippen LogP contribution in [-0.2, 0) is 9.47 Å². The van der Waals surface area contributed by atoms with Gasteiger partial charge >= 0.3 is 0 Å². The summed E-state index contributed by atoms with van der Waals surface area (Å²) < 4.78 is 25.2. The Hall–Kier alpha value is -0.150. The molecule has 0 aromatic rings. The molecule has 0 aliphatic heterocycles. The van der Waals surface area contributed by atoms with Crippen LogP contribution in [0.4, 0.5) is 4.39 Å². The second-order valence-electron chi connectivity index (χ2n) is 8.96. The van der Waals surface area contributed by atoms with E-state index in [2.05, 4.69) is 13.8 Å². The van der Waals surface area contributed by atoms with Gasteiger partial charge in [0, 0.05) is 13.5 Å². The summed E-state index contributed by atoms with van der Waals surface area (Å²) in [6, 6.07) is 0. The molecule has 0 spiro atoms. The van der Waals surface area contributed by atoms with Crippen LogP contribution in [0.5, 0.6) is 0 Å². The van der Waals surface area contributed by atoms with Crippen LogP contribution in [-0.4, -0.2) is 25.7 Å². The van der Waals surface area contributed by atoms with Crippen molar-refractivity contribution in [1.29, 1.82) is 0 Å². The minimum absolute atomic E-state index is 0.234. The Labute approximate surface area is 142 Å². The van der Waals surface area contributed by atoms with E-state index in [9.17, 15) is 4.39 Å². The van der Waals surface area contributed by atoms with Crippen LogP contribution < -0.4 is 0 Å². The van der Waals surface area contributed by atoms with Crippen LogP contribution in [0.1, 0.15) is 79.1 Å². The molecule has 2 fully saturated rings. The molecule has 0 heterocycles. The zero-order valence-corrected chi connectivity index (χ0v) is 15.9. The summed E-state index contributed by atoms with van der Waals surface area (Å²) in [5.41, 5.74) is 0.0154. The van der Waals surface area contributed by atoms with Crippen LogP contribution in [0, 0.1) is 23.2 Å². The lowest BCUT2D eigenvalue weighted by Crippen LogP contribution is -2.36. The van der Waals surface area contributed by atoms with Crippen LogP contribution in [0.25, 0.3) is 0 Å². The highest BCUT2D eigenvalue weighted by atomic mass is 19.1. The second kappa shape index (κ2) is 7.82. The van der Waals surface area contributed by atoms with E-state index in [4.69, 9.17) is 9.47 Å². The molecule has 3 heteroatoms. The highest BCUT2D eigenvalue weighted by Crippen LogP contribution is 2.58. The summed E-state index contributed by atoms with van der Waals surface area (Å²) in [6.45, 7) is 8.92. The number of hydrogen-bond donors (Lipinski definition) is 0. The number of hydrogen-bond acceptors (Lipinski definition) is 2. The largest absolute Gasteiger partial charge is 0.359 e. The molecule has 0 unspecified atom stereocenters. The minimum atomic E-state index is -0.789. The molecular formula is C20H37FO2. The van der Waals surface area contributed by atoms with E-state index in [1.54, 1.807) is 7.11 Å². The van der Waals surface area contributed by atoms with Gasteiger partial charge < -0.3 is 9.47 Å². The first-order valence-corrected chi connectivity index (χ1v) is 9.55. The van der Waals surface area contributed by atoms with Gasteiger partial charge in [-0.2, -0.15) is 0 Å². The predicted octanol–water partition coefficient (Wildman–Crippen LogP) is 5.75. The van der Waals surface area contributed by atoms with Crippen molar-refractivity contribution in [1.82, 2.24) is 0 Å². The maximum absolute atomic E-state index is 14.7. The third kappa shape index (κ3) is 4.69. The van der Waals surface area contributed by atoms with Crippen molar-refractivity contribution in [2.45, 2.75) is 90.8 Å². The van der Waals surface area contributed by atoms with Crippen molar-refractivity contribution in [2.75, 3.05) is 13.9 Å². The van der Waals surface area contributed by atoms with E-state index in [1.807, 2.05) is 13.8 Å². The molecule has 2 saturated carbocycles. The Bertz CT molecular complexity index is 371. The molecule has 0 aromatic heterocycles. The molecule has 2 aliphatic carbocycles. The smallest absolute Gasteiger partial charge is 0.147 e. The molecule has 2 nitrogen and oxygen atoms in total. The minimum Gasteiger partial charge on any atom is -0.359 e. The number of methoxy groups -OCH3 is 1. The van der Waals surface area contributed by atoms with Crippen LogP contribution >= 0.6 is 0 Å². The lowest BCUT2D eigenvalue weighted by Gasteiger charge is -2.43. The molecule has 0 saturated heterocycles. The van der Waals surface area contributed by atoms with E-state index in [1.165, 1.54) is 38.5 Å². The Kier molecular flexibility index (Phi) is 6.52. The summed E-state index contributed by atoms with van der Waals surface area (Å²) in [4.78, 5) is 0. The third-order valence-electron chi connectivity index (χ3n) is 6.72. The van der Waals surface area contributed by atoms with E-state index in [0.717, 1.165) is 5.92 Å². The molecule has 23 heavy (non-hydrogen) atoms. The fraction of sp³-hybridized carbons (Fsp3) is 1.00. The Morgan fingerprint density at radius 3 is 2.65 bits per heavy atom. The van der Waals surface area contributed by atoms with Crippen LogP contribution in [0.15, 0.2) is 0 Å². The summed E-state index contributed by atoms with van der Waals surface area (Å²) in [5.74, 6) is 2.06. The van der Waals surface area contributed by atoms with Gasteiger partial charge in [0.2, 0.25) is 0 Å². The van der Waals surface area contributed by atoms with Crippen molar-refractivity contribution in [3.05, 3.63) is 0 Å². The first-order chi connectivity index (χ1) is 10.8. The average molecular weight is 329 g/mol. The maximum Gasteiger partial charge on any atom is 0.147 e. The van der Waals surface area contributed by atoms with Gasteiger partial charge in [0.25, 0.3) is 0 Å². The van der Waals surface area contributed by atoms with Crippen molar-refractivity contribution < 1.29 is 13.9 Å². The quantitative estimate of drug-likeness (QED) is 0.528. The van der Waals surface area contributed by atoms with E-state index >= 15 is 0 Å². The summed E-state index contributed by atoms with van der Waals surface area (Å²) in [7, 11) is 1.60. The van der Waals surface area contributed by atoms with Crippen molar-refractivity contribution in [3.63, 3.8) is 0 Å². The lowest BCUT2D eigenvalue weighted by atomic mass is 9.62. The lowest BCUT2D eigenvalue weighted by molar-refractivity contribution is -0.124. The molecule has 136 valence electrons.